The molecule has 0 fully saturated rings. The van der Waals surface area contributed by atoms with Crippen molar-refractivity contribution in [2.75, 3.05) is 27.5 Å². The molecule has 2 N–H and O–H groups in total. The first kappa shape index (κ1) is 20.8. The SMILES string of the molecule is CO[Si](C)(C)C.CO[Si](C)(CCP(=O)(O)O)OC. The summed E-state index contributed by atoms with van der Waals surface area (Å²) in [5.41, 5.74) is 0. The molecule has 0 saturated heterocycles. The summed E-state index contributed by atoms with van der Waals surface area (Å²) < 4.78 is 25.7. The van der Waals surface area contributed by atoms with Gasteiger partial charge in [-0.25, -0.2) is 0 Å². The average molecular weight is 318 g/mol. The molecule has 0 atom stereocenters. The van der Waals surface area contributed by atoms with Gasteiger partial charge in [0.25, 0.3) is 0 Å². The number of hydrogen-bond donors (Lipinski definition) is 2. The van der Waals surface area contributed by atoms with Gasteiger partial charge in [-0.3, -0.25) is 4.57 Å². The molecule has 0 amide bonds. The highest BCUT2D eigenvalue weighted by Crippen LogP contribution is 2.37. The summed E-state index contributed by atoms with van der Waals surface area (Å²) in [4.78, 5) is 17.2. The number of rotatable bonds is 6. The Morgan fingerprint density at radius 2 is 1.28 bits per heavy atom. The molecule has 6 nitrogen and oxygen atoms in total. The van der Waals surface area contributed by atoms with Crippen molar-refractivity contribution in [2.24, 2.45) is 0 Å². The highest BCUT2D eigenvalue weighted by molar-refractivity contribution is 7.51. The predicted molar refractivity (Wildman–Crippen MR) is 77.7 cm³/mol. The fourth-order valence-electron chi connectivity index (χ4n) is 0.636. The van der Waals surface area contributed by atoms with E-state index in [0.717, 1.165) is 0 Å². The maximum absolute atomic E-state index is 10.5. The molecule has 0 aliphatic carbocycles. The second-order valence-electron chi connectivity index (χ2n) is 5.00. The molecule has 0 rings (SSSR count). The van der Waals surface area contributed by atoms with Crippen LogP contribution in [0.15, 0.2) is 0 Å². The highest BCUT2D eigenvalue weighted by Gasteiger charge is 2.31. The molecule has 112 valence electrons. The van der Waals surface area contributed by atoms with Crippen molar-refractivity contribution >= 4 is 24.5 Å². The van der Waals surface area contributed by atoms with Crippen LogP contribution in [0.25, 0.3) is 0 Å². The third-order valence-electron chi connectivity index (χ3n) is 2.33. The molecule has 0 heterocycles. The van der Waals surface area contributed by atoms with Crippen molar-refractivity contribution in [1.29, 1.82) is 0 Å². The molecule has 0 aliphatic heterocycles. The van der Waals surface area contributed by atoms with Gasteiger partial charge in [0.2, 0.25) is 0 Å². The minimum absolute atomic E-state index is 0.169. The molecular weight excluding hydrogens is 291 g/mol. The summed E-state index contributed by atoms with van der Waals surface area (Å²) in [5.74, 6) is 0. The van der Waals surface area contributed by atoms with Crippen molar-refractivity contribution in [3.05, 3.63) is 0 Å². The van der Waals surface area contributed by atoms with Crippen molar-refractivity contribution < 1.29 is 27.6 Å². The second kappa shape index (κ2) is 8.60. The Bertz CT molecular complexity index is 258. The molecule has 0 radical (unpaired) electrons. The van der Waals surface area contributed by atoms with Gasteiger partial charge >= 0.3 is 16.2 Å². The van der Waals surface area contributed by atoms with Crippen LogP contribution in [0.3, 0.4) is 0 Å². The average Bonchev–Trinajstić information content (AvgIpc) is 2.25. The topological polar surface area (TPSA) is 85.2 Å². The van der Waals surface area contributed by atoms with Gasteiger partial charge in [-0.2, -0.15) is 0 Å². The van der Waals surface area contributed by atoms with E-state index in [9.17, 15) is 4.57 Å². The lowest BCUT2D eigenvalue weighted by molar-refractivity contribution is 0.250. The molecule has 0 saturated carbocycles. The van der Waals surface area contributed by atoms with Crippen LogP contribution in [0.4, 0.5) is 0 Å². The van der Waals surface area contributed by atoms with Gasteiger partial charge in [-0.15, -0.1) is 0 Å². The van der Waals surface area contributed by atoms with Gasteiger partial charge in [0.15, 0.2) is 8.32 Å². The molecule has 0 aromatic heterocycles. The standard InChI is InChI=1S/C5H15O5PSi.C4H12OSi/c1-9-12(3,10-2)5-4-11(6,7)8;1-5-6(2,3)4/h4-5H2,1-3H3,(H2,6,7,8);1-4H3. The minimum Gasteiger partial charge on any atom is -0.421 e. The van der Waals surface area contributed by atoms with Crippen molar-refractivity contribution in [3.63, 3.8) is 0 Å². The van der Waals surface area contributed by atoms with Crippen LogP contribution in [0.2, 0.25) is 32.2 Å². The summed E-state index contributed by atoms with van der Waals surface area (Å²) >= 11 is 0. The smallest absolute Gasteiger partial charge is 0.335 e. The van der Waals surface area contributed by atoms with E-state index >= 15 is 0 Å². The van der Waals surface area contributed by atoms with Crippen LogP contribution >= 0.6 is 7.60 Å². The van der Waals surface area contributed by atoms with E-state index in [-0.39, 0.29) is 6.16 Å². The first-order valence-corrected chi connectivity index (χ1v) is 13.3. The monoisotopic (exact) mass is 318 g/mol. The molecule has 18 heavy (non-hydrogen) atoms. The Balaban J connectivity index is 0. The fourth-order valence-corrected chi connectivity index (χ4v) is 4.00. The maximum atomic E-state index is 10.5. The van der Waals surface area contributed by atoms with Crippen LogP contribution in [0.5, 0.6) is 0 Å². The molecule has 0 bridgehead atoms. The lowest BCUT2D eigenvalue weighted by Crippen LogP contribution is -2.36. The Morgan fingerprint density at radius 1 is 0.944 bits per heavy atom. The zero-order valence-electron chi connectivity index (χ0n) is 12.4. The molecule has 0 aromatic rings. The first-order chi connectivity index (χ1) is 7.89. The van der Waals surface area contributed by atoms with E-state index in [4.69, 9.17) is 23.1 Å². The highest BCUT2D eigenvalue weighted by atomic mass is 31.2. The van der Waals surface area contributed by atoms with E-state index in [1.807, 2.05) is 0 Å². The third-order valence-corrected chi connectivity index (χ3v) is 7.67. The van der Waals surface area contributed by atoms with Crippen molar-refractivity contribution in [1.82, 2.24) is 0 Å². The summed E-state index contributed by atoms with van der Waals surface area (Å²) in [6.45, 7) is 8.25. The van der Waals surface area contributed by atoms with E-state index in [1.165, 1.54) is 14.2 Å². The normalized spacial score (nSPS) is 12.9. The Labute approximate surface area is 112 Å². The van der Waals surface area contributed by atoms with Crippen molar-refractivity contribution in [3.8, 4) is 0 Å². The van der Waals surface area contributed by atoms with Gasteiger partial charge in [0.05, 0.1) is 6.16 Å². The van der Waals surface area contributed by atoms with E-state index < -0.39 is 24.5 Å². The zero-order chi connectivity index (χ0) is 15.0. The molecule has 0 aromatic carbocycles. The largest absolute Gasteiger partial charge is 0.421 e. The van der Waals surface area contributed by atoms with Crippen LogP contribution in [0, 0.1) is 0 Å². The first-order valence-electron chi connectivity index (χ1n) is 5.59. The second-order valence-corrected chi connectivity index (χ2v) is 15.0. The van der Waals surface area contributed by atoms with E-state index in [0.29, 0.717) is 6.04 Å². The summed E-state index contributed by atoms with van der Waals surface area (Å²) in [5, 5.41) is 0. The van der Waals surface area contributed by atoms with Gasteiger partial charge in [-0.05, 0) is 26.2 Å². The van der Waals surface area contributed by atoms with Crippen LogP contribution in [-0.2, 0) is 17.8 Å². The van der Waals surface area contributed by atoms with Gasteiger partial charge < -0.3 is 23.1 Å². The predicted octanol–water partition coefficient (Wildman–Crippen LogP) is 2.00. The fraction of sp³-hybridized carbons (Fsp3) is 1.00. The summed E-state index contributed by atoms with van der Waals surface area (Å²) in [6, 6.07) is 0.310. The van der Waals surface area contributed by atoms with Crippen molar-refractivity contribution in [2.45, 2.75) is 32.2 Å². The number of hydrogen-bond acceptors (Lipinski definition) is 4. The van der Waals surface area contributed by atoms with Crippen LogP contribution in [-0.4, -0.2) is 54.2 Å². The van der Waals surface area contributed by atoms with Crippen LogP contribution in [0.1, 0.15) is 0 Å². The molecule has 0 aliphatic rings. The summed E-state index contributed by atoms with van der Waals surface area (Å²) in [7, 11) is -2.58. The molecular formula is C9H27O6PSi2. The summed E-state index contributed by atoms with van der Waals surface area (Å²) in [6.07, 6.45) is -0.169. The molecule has 0 unspecified atom stereocenters. The molecule has 9 heteroatoms. The van der Waals surface area contributed by atoms with Gasteiger partial charge in [0.1, 0.15) is 0 Å². The maximum Gasteiger partial charge on any atom is 0.335 e. The van der Waals surface area contributed by atoms with E-state index in [1.54, 1.807) is 13.7 Å². The van der Waals surface area contributed by atoms with E-state index in [2.05, 4.69) is 19.6 Å². The quantitative estimate of drug-likeness (QED) is 0.575. The Morgan fingerprint density at radius 3 is 1.44 bits per heavy atom. The Kier molecular flexibility index (Phi) is 9.92. The molecule has 0 spiro atoms. The lowest BCUT2D eigenvalue weighted by Gasteiger charge is -2.22. The van der Waals surface area contributed by atoms with Crippen LogP contribution < -0.4 is 0 Å². The van der Waals surface area contributed by atoms with Gasteiger partial charge in [-0.1, -0.05) is 0 Å². The Hall–Kier alpha value is 0.464. The lowest BCUT2D eigenvalue weighted by atomic mass is 11.0. The minimum atomic E-state index is -3.91. The third kappa shape index (κ3) is 14.5. The zero-order valence-corrected chi connectivity index (χ0v) is 15.3. The van der Waals surface area contributed by atoms with Gasteiger partial charge in [0, 0.05) is 27.4 Å².